The van der Waals surface area contributed by atoms with E-state index < -0.39 is 45.3 Å². The van der Waals surface area contributed by atoms with Crippen LogP contribution in [0.5, 0.6) is 0 Å². The summed E-state index contributed by atoms with van der Waals surface area (Å²) in [7, 11) is 0. The average molecular weight is 1150 g/mol. The molecular weight excluding hydrogens is 1070 g/mol. The number of anilines is 4. The Balaban J connectivity index is 0.000000872. The van der Waals surface area contributed by atoms with Crippen molar-refractivity contribution >= 4 is 46.4 Å². The standard InChI is InChI=1S/4C11H14NO2.3C5H5N.Ce/c4*1-11(2,3)10(13)12(14)9-7-5-4-6-8-9;3*1-2-4-6-5-3-1;/h4*4-8H,1-3H3;3*1-5H;/q4*-1;;;;+4. The van der Waals surface area contributed by atoms with Gasteiger partial charge in [-0.15, -0.1) is 0 Å². The first-order chi connectivity index (χ1) is 34.7. The van der Waals surface area contributed by atoms with E-state index in [2.05, 4.69) is 15.0 Å². The van der Waals surface area contributed by atoms with Crippen LogP contribution in [0.15, 0.2) is 213 Å². The Morgan fingerprint density at radius 3 is 0.507 bits per heavy atom. The number of hydrogen-bond donors (Lipinski definition) is 0. The number of hydroxylamine groups is 4. The summed E-state index contributed by atoms with van der Waals surface area (Å²) in [5.41, 5.74) is -1.04. The fourth-order valence-electron chi connectivity index (χ4n) is 4.88. The largest absolute Gasteiger partial charge is 4.00 e. The molecule has 7 aromatic rings. The van der Waals surface area contributed by atoms with Crippen LogP contribution in [0.1, 0.15) is 83.1 Å². The van der Waals surface area contributed by atoms with Crippen LogP contribution in [0, 0.1) is 84.2 Å². The van der Waals surface area contributed by atoms with Gasteiger partial charge in [0.15, 0.2) is 0 Å². The van der Waals surface area contributed by atoms with Crippen molar-refractivity contribution in [1.82, 2.24) is 15.0 Å². The molecule has 0 atom stereocenters. The molecule has 0 saturated heterocycles. The third-order valence-corrected chi connectivity index (χ3v) is 8.97. The van der Waals surface area contributed by atoms with E-state index in [1.807, 2.05) is 54.6 Å². The van der Waals surface area contributed by atoms with Crippen molar-refractivity contribution in [3.8, 4) is 0 Å². The third kappa shape index (κ3) is 29.2. The van der Waals surface area contributed by atoms with Gasteiger partial charge in [-0.1, -0.05) is 174 Å². The predicted molar refractivity (Wildman–Crippen MR) is 300 cm³/mol. The van der Waals surface area contributed by atoms with Crippen molar-refractivity contribution in [3.63, 3.8) is 0 Å². The zero-order valence-corrected chi connectivity index (χ0v) is 48.2. The number of amides is 4. The molecule has 3 heterocycles. The van der Waals surface area contributed by atoms with Gasteiger partial charge >= 0.3 is 41.7 Å². The van der Waals surface area contributed by atoms with E-state index in [-0.39, 0.29) is 41.7 Å². The second kappa shape index (κ2) is 35.6. The monoisotopic (exact) mass is 1150 g/mol. The molecule has 7 rings (SSSR count). The Bertz CT molecular complexity index is 2140. The Hall–Kier alpha value is -6.57. The van der Waals surface area contributed by atoms with Crippen molar-refractivity contribution in [3.05, 3.63) is 234 Å². The van der Waals surface area contributed by atoms with Crippen LogP contribution in [-0.2, 0) is 19.2 Å². The summed E-state index contributed by atoms with van der Waals surface area (Å²) in [4.78, 5) is 57.7. The first-order valence-electron chi connectivity index (χ1n) is 23.5. The Morgan fingerprint density at radius 2 is 0.413 bits per heavy atom. The van der Waals surface area contributed by atoms with Gasteiger partial charge in [-0.2, -0.15) is 0 Å². The molecule has 0 N–H and O–H groups in total. The van der Waals surface area contributed by atoms with Crippen molar-refractivity contribution in [1.29, 1.82) is 0 Å². The molecule has 16 heteroatoms. The first kappa shape index (κ1) is 68.4. The Kier molecular flexibility index (Phi) is 32.5. The van der Waals surface area contributed by atoms with Crippen LogP contribution in [0.3, 0.4) is 0 Å². The van der Waals surface area contributed by atoms with Crippen LogP contribution in [0.25, 0.3) is 0 Å². The maximum absolute atomic E-state index is 11.6. The molecule has 75 heavy (non-hydrogen) atoms. The number of pyridine rings is 3. The van der Waals surface area contributed by atoms with Crippen molar-refractivity contribution in [2.45, 2.75) is 83.1 Å². The van der Waals surface area contributed by atoms with E-state index >= 15 is 0 Å². The molecule has 15 nitrogen and oxygen atoms in total. The van der Waals surface area contributed by atoms with Gasteiger partial charge in [0.25, 0.3) is 0 Å². The minimum Gasteiger partial charge on any atom is -0.752 e. The van der Waals surface area contributed by atoms with Crippen molar-refractivity contribution < 1.29 is 60.9 Å². The molecule has 4 aromatic carbocycles. The van der Waals surface area contributed by atoms with Crippen LogP contribution >= 0.6 is 0 Å². The van der Waals surface area contributed by atoms with Crippen LogP contribution in [-0.4, -0.2) is 38.6 Å². The second-order valence-electron chi connectivity index (χ2n) is 19.8. The van der Waals surface area contributed by atoms with Gasteiger partial charge in [-0.05, 0) is 84.9 Å². The summed E-state index contributed by atoms with van der Waals surface area (Å²) < 4.78 is 0. The maximum atomic E-state index is 11.6. The molecule has 0 spiro atoms. The molecule has 0 bridgehead atoms. The zero-order chi connectivity index (χ0) is 55.8. The van der Waals surface area contributed by atoms with E-state index in [4.69, 9.17) is 0 Å². The topological polar surface area (TPSA) is 212 Å². The summed E-state index contributed by atoms with van der Waals surface area (Å²) >= 11 is 0. The van der Waals surface area contributed by atoms with Gasteiger partial charge in [0.1, 0.15) is 0 Å². The Labute approximate surface area is 477 Å². The molecule has 4 amide bonds. The number of benzene rings is 4. The summed E-state index contributed by atoms with van der Waals surface area (Å²) in [6, 6.07) is 51.2. The van der Waals surface area contributed by atoms with Crippen LogP contribution in [0.2, 0.25) is 0 Å². The van der Waals surface area contributed by atoms with Gasteiger partial charge in [0.2, 0.25) is 23.6 Å². The maximum Gasteiger partial charge on any atom is 4.00 e. The smallest absolute Gasteiger partial charge is 0.752 e. The van der Waals surface area contributed by atoms with E-state index in [0.29, 0.717) is 43.0 Å². The summed E-state index contributed by atoms with van der Waals surface area (Å²) in [6.07, 6.45) is 10.5. The minimum atomic E-state index is -0.641. The summed E-state index contributed by atoms with van der Waals surface area (Å²) in [5.74, 6) is -1.71. The molecular formula is C59H71CeN7O8. The fraction of sp³-hybridized carbons (Fsp3) is 0.271. The quantitative estimate of drug-likeness (QED) is 0.151. The molecule has 0 saturated carbocycles. The van der Waals surface area contributed by atoms with Gasteiger partial charge < -0.3 is 41.1 Å². The van der Waals surface area contributed by atoms with E-state index in [1.54, 1.807) is 242 Å². The fourth-order valence-corrected chi connectivity index (χ4v) is 4.88. The number of para-hydroxylation sites is 4. The van der Waals surface area contributed by atoms with Gasteiger partial charge in [0, 0.05) is 81.6 Å². The Morgan fingerprint density at radius 1 is 0.280 bits per heavy atom. The van der Waals surface area contributed by atoms with E-state index in [9.17, 15) is 40.0 Å². The summed E-state index contributed by atoms with van der Waals surface area (Å²) in [5, 5.41) is 48.0. The molecule has 3 aromatic heterocycles. The molecule has 0 aliphatic rings. The van der Waals surface area contributed by atoms with Crippen LogP contribution in [0.4, 0.5) is 22.7 Å². The van der Waals surface area contributed by atoms with Gasteiger partial charge in [-0.3, -0.25) is 34.1 Å². The normalized spacial score (nSPS) is 10.2. The minimum absolute atomic E-state index is 0. The number of nitrogens with zero attached hydrogens (tertiary/aromatic N) is 7. The van der Waals surface area contributed by atoms with E-state index in [0.717, 1.165) is 0 Å². The number of carbonyl (C=O) groups excluding carboxylic acids is 4. The van der Waals surface area contributed by atoms with E-state index in [1.165, 1.54) is 0 Å². The molecule has 0 fully saturated rings. The summed E-state index contributed by atoms with van der Waals surface area (Å²) in [6.45, 7) is 20.7. The molecule has 394 valence electrons. The first-order valence-corrected chi connectivity index (χ1v) is 23.5. The third-order valence-electron chi connectivity index (χ3n) is 8.97. The number of carbonyl (C=O) groups is 4. The molecule has 0 aliphatic heterocycles. The number of aromatic nitrogens is 3. The number of hydrogen-bond acceptors (Lipinski definition) is 11. The molecule has 0 unspecified atom stereocenters. The molecule has 0 aliphatic carbocycles. The average Bonchev–Trinajstić information content (AvgIpc) is 3.41. The number of rotatable bonds is 4. The van der Waals surface area contributed by atoms with Gasteiger partial charge in [-0.25, -0.2) is 0 Å². The SMILES string of the molecule is CC(C)(C)C(=O)N([O-])c1ccccc1.CC(C)(C)C(=O)N([O-])c1ccccc1.CC(C)(C)C(=O)N([O-])c1ccccc1.CC(C)(C)C(=O)N([O-])c1ccccc1.[Ce+4].c1ccncc1.c1ccncc1.c1ccncc1. The van der Waals surface area contributed by atoms with Crippen molar-refractivity contribution in [2.24, 2.45) is 21.7 Å². The predicted octanol–water partition coefficient (Wildman–Crippen LogP) is 13.5. The zero-order valence-electron chi connectivity index (χ0n) is 45.1. The van der Waals surface area contributed by atoms with Crippen LogP contribution < -0.4 is 20.3 Å². The van der Waals surface area contributed by atoms with Crippen molar-refractivity contribution in [2.75, 3.05) is 20.3 Å². The second-order valence-corrected chi connectivity index (χ2v) is 19.8. The van der Waals surface area contributed by atoms with Gasteiger partial charge in [0.05, 0.1) is 0 Å². The molecule has 0 radical (unpaired) electrons.